The van der Waals surface area contributed by atoms with Gasteiger partial charge in [0.2, 0.25) is 0 Å². The molecule has 10 aromatic carbocycles. The van der Waals surface area contributed by atoms with Crippen molar-refractivity contribution in [2.24, 2.45) is 0 Å². The first-order chi connectivity index (χ1) is 49.2. The average Bonchev–Trinajstić information content (AvgIpc) is 0.848. The van der Waals surface area contributed by atoms with Gasteiger partial charge in [0.15, 0.2) is 0 Å². The first kappa shape index (κ1) is 72.9. The summed E-state index contributed by atoms with van der Waals surface area (Å²) in [4.78, 5) is 9.97. The van der Waals surface area contributed by atoms with Crippen molar-refractivity contribution in [2.75, 3.05) is 6.61 Å². The van der Waals surface area contributed by atoms with Crippen molar-refractivity contribution in [1.29, 1.82) is 0 Å². The van der Waals surface area contributed by atoms with E-state index in [9.17, 15) is 4.79 Å². The smallest absolute Gasteiger partial charge is 0.124 e. The summed E-state index contributed by atoms with van der Waals surface area (Å²) in [6.07, 6.45) is 9.92. The van der Waals surface area contributed by atoms with E-state index in [-0.39, 0.29) is 44.4 Å². The van der Waals surface area contributed by atoms with Crippen LogP contribution in [0.2, 0.25) is 0 Å². The molecule has 0 aliphatic rings. The zero-order chi connectivity index (χ0) is 76.6. The summed E-state index contributed by atoms with van der Waals surface area (Å²) < 4.78 is 71.2. The average molecular weight is 1380 g/mol. The Hall–Kier alpha value is -8.88. The molecule has 4 heteroatoms. The van der Waals surface area contributed by atoms with E-state index in [1.807, 2.05) is 326 Å². The van der Waals surface area contributed by atoms with Crippen LogP contribution in [0.1, 0.15) is 161 Å². The van der Waals surface area contributed by atoms with Crippen molar-refractivity contribution in [3.63, 3.8) is 0 Å². The third-order valence-electron chi connectivity index (χ3n) is 12.0. The van der Waals surface area contributed by atoms with Crippen molar-refractivity contribution in [2.45, 2.75) is 138 Å². The van der Waals surface area contributed by atoms with E-state index < -0.39 is 25.5 Å². The van der Waals surface area contributed by atoms with E-state index in [2.05, 4.69) is 59.1 Å². The van der Waals surface area contributed by atoms with Gasteiger partial charge in [-0.1, -0.05) is 370 Å². The number of ether oxygens (including phenoxy) is 2. The number of rotatable bonds is 18. The van der Waals surface area contributed by atoms with E-state index in [0.29, 0.717) is 25.0 Å². The molecule has 0 amide bonds. The molecule has 0 N–H and O–H groups in total. The maximum atomic E-state index is 9.97. The standard InChI is InChI=1S/C12H17O.C12H16O.4C9H12.C8H8O.3C8H8.Pd/c2*1-12(2,3)13-10-9-11-7-5-4-6-8-11;4*1-2-6-9-7-4-3-5-8-9;9-7-6-8-4-2-1-3-5-8;3*1-2-8-6-4-3-5-7-8;/h4-9H,10H2,1-3H3;4-10H,1-3H3;4*3-5,7-8H,2,6H2,1H3;1-5,7H,6H2;3*2-7H,1H2;/q-1;;;;;;;;;;/i;;2D,6D2;2D,6D;6D2;6D;;;;;. The molecular formula is C92H113O3Pd-. The molecule has 4 unspecified atom stereocenters. The number of aryl methyl sites for hydroxylation is 4. The number of benzene rings is 10. The summed E-state index contributed by atoms with van der Waals surface area (Å²) in [7, 11) is 0. The zero-order valence-corrected chi connectivity index (χ0v) is 60.3. The number of hydrogen-bond acceptors (Lipinski definition) is 3. The Morgan fingerprint density at radius 2 is 0.688 bits per heavy atom. The minimum Gasteiger partial charge on any atom is -0.496 e. The third kappa shape index (κ3) is 53.5. The Balaban J connectivity index is 0.00000114. The molecule has 0 bridgehead atoms. The number of aldehydes is 1. The summed E-state index contributed by atoms with van der Waals surface area (Å²) in [6, 6.07) is 97.7. The fourth-order valence-electron chi connectivity index (χ4n) is 7.38. The SMILES string of the molecule is C=Cc1ccccc1.C=Cc1ccccc1.C=Cc1ccccc1.CC(C)(C)OC=Cc1ccccc1.CC(C)(C)OC[CH-]c1ccccc1.O=CCc1ccccc1.[2H]C(C)C([2H])([2H])c1ccccc1.[2H]C(C)C([2H])c1ccccc1.[2H]C(CC)c1ccccc1.[2H]C([2H])(CC)c1ccccc1.[Pd]. The molecule has 10 rings (SSSR count). The van der Waals surface area contributed by atoms with Gasteiger partial charge in [-0.3, -0.25) is 0 Å². The fraction of sp³-hybridized carbons (Fsp3) is 0.239. The molecule has 0 saturated heterocycles. The quantitative estimate of drug-likeness (QED) is 0.0372. The van der Waals surface area contributed by atoms with Crippen LogP contribution in [-0.2, 0) is 66.7 Å². The molecule has 0 saturated carbocycles. The largest absolute Gasteiger partial charge is 0.496 e. The number of carbonyl (C=O) groups excluding carboxylic acids is 1. The van der Waals surface area contributed by atoms with Gasteiger partial charge in [-0.15, -0.1) is 12.1 Å². The minimum atomic E-state index is -1.54. The van der Waals surface area contributed by atoms with Crippen LogP contribution in [0.3, 0.4) is 0 Å². The van der Waals surface area contributed by atoms with Gasteiger partial charge in [0.25, 0.3) is 0 Å². The Kier molecular flexibility index (Phi) is 45.5. The molecule has 3 nitrogen and oxygen atoms in total. The van der Waals surface area contributed by atoms with E-state index in [0.717, 1.165) is 40.5 Å². The summed E-state index contributed by atoms with van der Waals surface area (Å²) in [5.41, 5.74) is 10.2. The normalized spacial score (nSPS) is 12.5. The van der Waals surface area contributed by atoms with Gasteiger partial charge in [0.1, 0.15) is 6.29 Å². The molecule has 4 atom stereocenters. The summed E-state index contributed by atoms with van der Waals surface area (Å²) in [5, 5.41) is 0. The maximum Gasteiger partial charge on any atom is 0.124 e. The van der Waals surface area contributed by atoms with E-state index in [4.69, 9.17) is 20.4 Å². The molecule has 0 radical (unpaired) electrons. The second kappa shape index (κ2) is 59.8. The second-order valence-electron chi connectivity index (χ2n) is 22.3. The van der Waals surface area contributed by atoms with Crippen LogP contribution >= 0.6 is 0 Å². The monoisotopic (exact) mass is 1380 g/mol. The topological polar surface area (TPSA) is 35.5 Å². The van der Waals surface area contributed by atoms with Crippen LogP contribution < -0.4 is 0 Å². The molecule has 510 valence electrons. The fourth-order valence-corrected chi connectivity index (χ4v) is 7.38. The predicted octanol–water partition coefficient (Wildman–Crippen LogP) is 25.5. The third-order valence-corrected chi connectivity index (χ3v) is 12.0. The van der Waals surface area contributed by atoms with Crippen molar-refractivity contribution < 1.29 is 45.7 Å². The van der Waals surface area contributed by atoms with Crippen molar-refractivity contribution in [3.05, 3.63) is 391 Å². The molecule has 10 aromatic rings. The van der Waals surface area contributed by atoms with Crippen LogP contribution in [0, 0.1) is 6.42 Å². The maximum absolute atomic E-state index is 9.97. The first-order valence-corrected chi connectivity index (χ1v) is 32.5. The van der Waals surface area contributed by atoms with Gasteiger partial charge in [0, 0.05) is 44.4 Å². The number of hydrogen-bond donors (Lipinski definition) is 0. The van der Waals surface area contributed by atoms with Gasteiger partial charge in [-0.2, -0.15) is 24.1 Å². The first-order valence-electron chi connectivity index (χ1n) is 36.8. The zero-order valence-electron chi connectivity index (χ0n) is 66.7. The molecule has 0 aliphatic carbocycles. The van der Waals surface area contributed by atoms with Gasteiger partial charge >= 0.3 is 0 Å². The van der Waals surface area contributed by atoms with E-state index in [1.165, 1.54) is 22.3 Å². The second-order valence-corrected chi connectivity index (χ2v) is 22.3. The Bertz CT molecular complexity index is 3570. The van der Waals surface area contributed by atoms with Crippen LogP contribution in [0.15, 0.2) is 329 Å². The molecular weight excluding hydrogens is 1260 g/mol. The minimum absolute atomic E-state index is 0. The molecule has 96 heavy (non-hydrogen) atoms. The molecule has 0 aliphatic heterocycles. The Labute approximate surface area is 608 Å². The van der Waals surface area contributed by atoms with Crippen LogP contribution in [-0.4, -0.2) is 24.1 Å². The van der Waals surface area contributed by atoms with Crippen molar-refractivity contribution >= 4 is 30.6 Å². The van der Waals surface area contributed by atoms with Gasteiger partial charge in [-0.05, 0) is 123 Å². The van der Waals surface area contributed by atoms with Crippen LogP contribution in [0.4, 0.5) is 0 Å². The molecule has 0 spiro atoms. The summed E-state index contributed by atoms with van der Waals surface area (Å²) in [5.74, 6) is 0. The van der Waals surface area contributed by atoms with Crippen LogP contribution in [0.25, 0.3) is 24.3 Å². The molecule has 0 fully saturated rings. The Morgan fingerprint density at radius 3 is 0.979 bits per heavy atom. The van der Waals surface area contributed by atoms with Crippen molar-refractivity contribution in [1.82, 2.24) is 0 Å². The van der Waals surface area contributed by atoms with Gasteiger partial charge in [0.05, 0.1) is 17.5 Å². The number of carbonyl (C=O) groups is 1. The van der Waals surface area contributed by atoms with Gasteiger partial charge < -0.3 is 14.3 Å². The van der Waals surface area contributed by atoms with Crippen molar-refractivity contribution in [3.8, 4) is 0 Å². The van der Waals surface area contributed by atoms with E-state index >= 15 is 0 Å². The predicted molar refractivity (Wildman–Crippen MR) is 419 cm³/mol. The van der Waals surface area contributed by atoms with Gasteiger partial charge in [-0.25, -0.2) is 0 Å². The Morgan fingerprint density at radius 1 is 0.375 bits per heavy atom. The summed E-state index contributed by atoms with van der Waals surface area (Å²) in [6.45, 7) is 31.0. The van der Waals surface area contributed by atoms with Crippen LogP contribution in [0.5, 0.6) is 0 Å². The summed E-state index contributed by atoms with van der Waals surface area (Å²) >= 11 is 0. The van der Waals surface area contributed by atoms with E-state index in [1.54, 1.807) is 44.4 Å². The molecule has 0 aromatic heterocycles. The molecule has 0 heterocycles.